The lowest BCUT2D eigenvalue weighted by Gasteiger charge is -2.39. The molecule has 0 aromatic rings. The topological polar surface area (TPSA) is 36.9 Å². The highest BCUT2D eigenvalue weighted by molar-refractivity contribution is 5.05. The van der Waals surface area contributed by atoms with E-state index < -0.39 is 5.79 Å². The van der Waals surface area contributed by atoms with Crippen molar-refractivity contribution < 1.29 is 18.9 Å². The van der Waals surface area contributed by atoms with E-state index >= 15 is 0 Å². The van der Waals surface area contributed by atoms with E-state index in [1.165, 1.54) is 0 Å². The fraction of sp³-hybridized carbons (Fsp3) is 1.00. The van der Waals surface area contributed by atoms with Crippen LogP contribution in [0.3, 0.4) is 0 Å². The molecule has 106 valence electrons. The molecule has 2 fully saturated rings. The Morgan fingerprint density at radius 2 is 1.83 bits per heavy atom. The van der Waals surface area contributed by atoms with Crippen LogP contribution in [-0.4, -0.2) is 37.0 Å². The standard InChI is InChI=1S/C14H26O4/c1-7-9(3)14(8-2)11(15-6)10-12(18-14)17-13(4,5)16-10/h9-12H,7-8H2,1-6H3/t9?,10-,11+,12+,14+/m1/s1. The van der Waals surface area contributed by atoms with E-state index in [1.54, 1.807) is 7.11 Å². The predicted octanol–water partition coefficient (Wildman–Crippen LogP) is 2.70. The van der Waals surface area contributed by atoms with Crippen molar-refractivity contribution in [2.45, 2.75) is 77.3 Å². The zero-order chi connectivity index (χ0) is 13.6. The number of hydrogen-bond acceptors (Lipinski definition) is 4. The molecule has 0 aromatic carbocycles. The van der Waals surface area contributed by atoms with E-state index in [0.717, 1.165) is 12.8 Å². The third-order valence-corrected chi connectivity index (χ3v) is 4.46. The molecule has 0 aliphatic carbocycles. The molecule has 0 saturated carbocycles. The number of fused-ring (bicyclic) bond motifs is 1. The highest BCUT2D eigenvalue weighted by atomic mass is 16.8. The lowest BCUT2D eigenvalue weighted by Crippen LogP contribution is -2.50. The van der Waals surface area contributed by atoms with E-state index in [0.29, 0.717) is 5.92 Å². The first-order chi connectivity index (χ1) is 8.40. The minimum absolute atomic E-state index is 0.0655. The summed E-state index contributed by atoms with van der Waals surface area (Å²) in [6, 6.07) is 0. The molecule has 1 unspecified atom stereocenters. The first-order valence-electron chi connectivity index (χ1n) is 6.96. The smallest absolute Gasteiger partial charge is 0.190 e. The van der Waals surface area contributed by atoms with Gasteiger partial charge in [-0.25, -0.2) is 0 Å². The first-order valence-corrected chi connectivity index (χ1v) is 6.96. The van der Waals surface area contributed by atoms with Crippen molar-refractivity contribution in [2.24, 2.45) is 5.92 Å². The molecule has 2 heterocycles. The first kappa shape index (κ1) is 14.3. The van der Waals surface area contributed by atoms with Gasteiger partial charge in [-0.05, 0) is 26.2 Å². The average molecular weight is 258 g/mol. The van der Waals surface area contributed by atoms with Crippen molar-refractivity contribution in [1.29, 1.82) is 0 Å². The van der Waals surface area contributed by atoms with Crippen molar-refractivity contribution in [3.05, 3.63) is 0 Å². The summed E-state index contributed by atoms with van der Waals surface area (Å²) in [5, 5.41) is 0. The molecule has 5 atom stereocenters. The second-order valence-electron chi connectivity index (χ2n) is 5.86. The quantitative estimate of drug-likeness (QED) is 0.777. The SMILES string of the molecule is CCC(C)[C@]1(CC)O[C@@H]2OC(C)(C)O[C@@H]2[C@@H]1OC. The van der Waals surface area contributed by atoms with E-state index in [2.05, 4.69) is 20.8 Å². The third kappa shape index (κ3) is 1.99. The van der Waals surface area contributed by atoms with E-state index in [1.807, 2.05) is 13.8 Å². The summed E-state index contributed by atoms with van der Waals surface area (Å²) in [6.45, 7) is 10.4. The Balaban J connectivity index is 2.26. The summed E-state index contributed by atoms with van der Waals surface area (Å²) in [4.78, 5) is 0. The summed E-state index contributed by atoms with van der Waals surface area (Å²) in [5.74, 6) is -0.171. The predicted molar refractivity (Wildman–Crippen MR) is 68.2 cm³/mol. The summed E-state index contributed by atoms with van der Waals surface area (Å²) >= 11 is 0. The number of hydrogen-bond donors (Lipinski definition) is 0. The Morgan fingerprint density at radius 3 is 2.33 bits per heavy atom. The molecule has 0 spiro atoms. The lowest BCUT2D eigenvalue weighted by atomic mass is 9.79. The fourth-order valence-electron chi connectivity index (χ4n) is 3.32. The van der Waals surface area contributed by atoms with Crippen LogP contribution in [0.25, 0.3) is 0 Å². The summed E-state index contributed by atoms with van der Waals surface area (Å²) in [6.07, 6.45) is 1.46. The summed E-state index contributed by atoms with van der Waals surface area (Å²) in [5.41, 5.74) is -0.296. The van der Waals surface area contributed by atoms with Crippen LogP contribution in [0.5, 0.6) is 0 Å². The van der Waals surface area contributed by atoms with Crippen LogP contribution in [-0.2, 0) is 18.9 Å². The minimum atomic E-state index is -0.582. The van der Waals surface area contributed by atoms with Gasteiger partial charge < -0.3 is 18.9 Å². The van der Waals surface area contributed by atoms with Gasteiger partial charge in [0.25, 0.3) is 0 Å². The van der Waals surface area contributed by atoms with Crippen LogP contribution in [0, 0.1) is 5.92 Å². The number of ether oxygens (including phenoxy) is 4. The maximum Gasteiger partial charge on any atom is 0.190 e. The van der Waals surface area contributed by atoms with E-state index in [4.69, 9.17) is 18.9 Å². The minimum Gasteiger partial charge on any atom is -0.376 e. The van der Waals surface area contributed by atoms with Crippen molar-refractivity contribution in [1.82, 2.24) is 0 Å². The molecule has 0 N–H and O–H groups in total. The van der Waals surface area contributed by atoms with E-state index in [-0.39, 0.29) is 24.1 Å². The molecular formula is C14H26O4. The van der Waals surface area contributed by atoms with Gasteiger partial charge in [-0.15, -0.1) is 0 Å². The monoisotopic (exact) mass is 258 g/mol. The third-order valence-electron chi connectivity index (χ3n) is 4.46. The number of methoxy groups -OCH3 is 1. The lowest BCUT2D eigenvalue weighted by molar-refractivity contribution is -0.252. The van der Waals surface area contributed by atoms with Gasteiger partial charge in [0.15, 0.2) is 12.1 Å². The largest absolute Gasteiger partial charge is 0.376 e. The van der Waals surface area contributed by atoms with Gasteiger partial charge in [-0.1, -0.05) is 27.2 Å². The van der Waals surface area contributed by atoms with Crippen molar-refractivity contribution in [2.75, 3.05) is 7.11 Å². The summed E-state index contributed by atoms with van der Waals surface area (Å²) in [7, 11) is 1.73. The molecule has 2 rings (SSSR count). The molecule has 2 saturated heterocycles. The molecule has 0 radical (unpaired) electrons. The van der Waals surface area contributed by atoms with Crippen LogP contribution in [0.2, 0.25) is 0 Å². The Bertz CT molecular complexity index is 304. The normalized spacial score (nSPS) is 44.0. The molecule has 4 heteroatoms. The maximum atomic E-state index is 6.24. The highest BCUT2D eigenvalue weighted by Crippen LogP contribution is 2.48. The second-order valence-corrected chi connectivity index (χ2v) is 5.86. The molecule has 0 bridgehead atoms. The zero-order valence-corrected chi connectivity index (χ0v) is 12.4. The molecule has 2 aliphatic heterocycles. The Kier molecular flexibility index (Phi) is 3.76. The Morgan fingerprint density at radius 1 is 1.17 bits per heavy atom. The highest BCUT2D eigenvalue weighted by Gasteiger charge is 2.62. The van der Waals surface area contributed by atoms with Crippen LogP contribution in [0.1, 0.15) is 47.5 Å². The van der Waals surface area contributed by atoms with Gasteiger partial charge in [-0.2, -0.15) is 0 Å². The molecule has 4 nitrogen and oxygen atoms in total. The maximum absolute atomic E-state index is 6.24. The van der Waals surface area contributed by atoms with Gasteiger partial charge in [0.1, 0.15) is 17.8 Å². The Hall–Kier alpha value is -0.160. The van der Waals surface area contributed by atoms with E-state index in [9.17, 15) is 0 Å². The van der Waals surface area contributed by atoms with Crippen molar-refractivity contribution in [3.63, 3.8) is 0 Å². The van der Waals surface area contributed by atoms with Gasteiger partial charge in [0.05, 0.1) is 0 Å². The zero-order valence-electron chi connectivity index (χ0n) is 12.4. The van der Waals surface area contributed by atoms with Crippen LogP contribution < -0.4 is 0 Å². The van der Waals surface area contributed by atoms with Gasteiger partial charge in [0, 0.05) is 7.11 Å². The average Bonchev–Trinajstić information content (AvgIpc) is 2.76. The van der Waals surface area contributed by atoms with Gasteiger partial charge in [0.2, 0.25) is 0 Å². The van der Waals surface area contributed by atoms with Crippen molar-refractivity contribution >= 4 is 0 Å². The van der Waals surface area contributed by atoms with Crippen LogP contribution >= 0.6 is 0 Å². The second kappa shape index (κ2) is 4.75. The molecule has 2 aliphatic rings. The molecule has 0 aromatic heterocycles. The van der Waals surface area contributed by atoms with Gasteiger partial charge in [-0.3, -0.25) is 0 Å². The van der Waals surface area contributed by atoms with Crippen molar-refractivity contribution in [3.8, 4) is 0 Å². The summed E-state index contributed by atoms with van der Waals surface area (Å²) < 4.78 is 23.7. The molecule has 0 amide bonds. The molecule has 18 heavy (non-hydrogen) atoms. The fourth-order valence-corrected chi connectivity index (χ4v) is 3.32. The molecular weight excluding hydrogens is 232 g/mol. The Labute approximate surface area is 110 Å². The van der Waals surface area contributed by atoms with Gasteiger partial charge >= 0.3 is 0 Å². The van der Waals surface area contributed by atoms with Crippen LogP contribution in [0.4, 0.5) is 0 Å². The van der Waals surface area contributed by atoms with Crippen LogP contribution in [0.15, 0.2) is 0 Å². The number of rotatable bonds is 4.